The molecule has 1 aromatic heterocycles. The van der Waals surface area contributed by atoms with E-state index in [1.54, 1.807) is 12.3 Å². The number of fused-ring (bicyclic) bond motifs is 1. The number of pyridine rings is 1. The predicted octanol–water partition coefficient (Wildman–Crippen LogP) is 3.71. The number of halogens is 1. The predicted molar refractivity (Wildman–Crippen MR) is 137 cm³/mol. The Hall–Kier alpha value is -1.89. The number of aromatic nitrogens is 1. The van der Waals surface area contributed by atoms with Crippen LogP contribution in [0, 0.1) is 3.57 Å². The Bertz CT molecular complexity index is 1210. The van der Waals surface area contributed by atoms with Gasteiger partial charge in [0.25, 0.3) is 0 Å². The van der Waals surface area contributed by atoms with Gasteiger partial charge in [-0.3, -0.25) is 4.98 Å². The molecule has 0 radical (unpaired) electrons. The van der Waals surface area contributed by atoms with Crippen LogP contribution in [-0.4, -0.2) is 54.9 Å². The SMILES string of the molecule is COc1cc(/C=C(/CC[C@H]2OB(O)C[C@H]3C2=C(C)CS3(=O)=O)c2ccccn2)cc(I)c1O. The highest BCUT2D eigenvalue weighted by Gasteiger charge is 2.47. The number of nitrogens with zero attached hydrogens (tertiary/aromatic N) is 1. The van der Waals surface area contributed by atoms with Gasteiger partial charge in [0, 0.05) is 12.5 Å². The Morgan fingerprint density at radius 1 is 1.39 bits per heavy atom. The van der Waals surface area contributed by atoms with E-state index in [2.05, 4.69) is 27.6 Å². The Balaban J connectivity index is 1.66. The summed E-state index contributed by atoms with van der Waals surface area (Å²) in [5, 5.41) is 19.7. The molecule has 0 bridgehead atoms. The number of hydrogen-bond donors (Lipinski definition) is 2. The van der Waals surface area contributed by atoms with Gasteiger partial charge in [0.05, 0.1) is 33.5 Å². The number of ether oxygens (including phenoxy) is 1. The first kappa shape index (κ1) is 24.2. The van der Waals surface area contributed by atoms with Crippen LogP contribution in [0.1, 0.15) is 31.0 Å². The van der Waals surface area contributed by atoms with Crippen LogP contribution in [-0.2, 0) is 14.5 Å². The summed E-state index contributed by atoms with van der Waals surface area (Å²) in [5.41, 5.74) is 4.17. The molecule has 3 heterocycles. The lowest BCUT2D eigenvalue weighted by Gasteiger charge is -2.31. The zero-order valence-electron chi connectivity index (χ0n) is 18.4. The molecule has 1 fully saturated rings. The number of hydrogen-bond acceptors (Lipinski definition) is 7. The van der Waals surface area contributed by atoms with Gasteiger partial charge in [0.2, 0.25) is 0 Å². The van der Waals surface area contributed by atoms with E-state index in [-0.39, 0.29) is 17.8 Å². The second-order valence-electron chi connectivity index (χ2n) is 8.32. The van der Waals surface area contributed by atoms with E-state index in [9.17, 15) is 18.5 Å². The fourth-order valence-electron chi connectivity index (χ4n) is 4.58. The highest BCUT2D eigenvalue weighted by Crippen LogP contribution is 2.40. The molecule has 0 amide bonds. The maximum absolute atomic E-state index is 12.6. The van der Waals surface area contributed by atoms with Crippen molar-refractivity contribution in [1.29, 1.82) is 0 Å². The number of benzene rings is 1. The van der Waals surface area contributed by atoms with Crippen molar-refractivity contribution in [3.63, 3.8) is 0 Å². The lowest BCUT2D eigenvalue weighted by molar-refractivity contribution is 0.171. The second kappa shape index (κ2) is 9.77. The average molecular weight is 581 g/mol. The van der Waals surface area contributed by atoms with Crippen LogP contribution in [0.3, 0.4) is 0 Å². The van der Waals surface area contributed by atoms with Gasteiger partial charge in [0.15, 0.2) is 21.3 Å². The lowest BCUT2D eigenvalue weighted by atomic mass is 9.74. The molecule has 2 aliphatic heterocycles. The Labute approximate surface area is 207 Å². The van der Waals surface area contributed by atoms with Gasteiger partial charge in [-0.05, 0) is 89.4 Å². The van der Waals surface area contributed by atoms with Gasteiger partial charge in [-0.1, -0.05) is 11.6 Å². The summed E-state index contributed by atoms with van der Waals surface area (Å²) in [7, 11) is -2.89. The topological polar surface area (TPSA) is 106 Å². The maximum Gasteiger partial charge on any atom is 0.456 e. The monoisotopic (exact) mass is 581 g/mol. The Morgan fingerprint density at radius 3 is 2.88 bits per heavy atom. The molecule has 4 rings (SSSR count). The van der Waals surface area contributed by atoms with Gasteiger partial charge in [-0.25, -0.2) is 8.42 Å². The van der Waals surface area contributed by atoms with Crippen molar-refractivity contribution in [2.75, 3.05) is 12.9 Å². The largest absolute Gasteiger partial charge is 0.504 e. The number of methoxy groups -OCH3 is 1. The first-order chi connectivity index (χ1) is 15.7. The van der Waals surface area contributed by atoms with Crippen molar-refractivity contribution in [3.05, 3.63) is 62.5 Å². The molecular weight excluding hydrogens is 556 g/mol. The standard InChI is InChI=1S/C23H25BINO6S/c1-14-13-33(29,30)21-12-24(28)32-19(22(14)21)7-6-16(18-5-3-4-8-26-18)9-15-10-17(25)23(27)20(11-15)31-2/h3-5,8-11,19,21,27-28H,6-7,12-13H2,1-2H3/b16-9-/t19-,21+/m1/s1. The fourth-order valence-corrected chi connectivity index (χ4v) is 7.38. The van der Waals surface area contributed by atoms with Crippen LogP contribution in [0.15, 0.2) is 47.7 Å². The van der Waals surface area contributed by atoms with Crippen molar-refractivity contribution >= 4 is 51.2 Å². The van der Waals surface area contributed by atoms with Crippen molar-refractivity contribution in [2.24, 2.45) is 0 Å². The molecule has 174 valence electrons. The quantitative estimate of drug-likeness (QED) is 0.305. The van der Waals surface area contributed by atoms with E-state index in [1.807, 2.05) is 37.3 Å². The minimum Gasteiger partial charge on any atom is -0.504 e. The zero-order chi connectivity index (χ0) is 23.8. The van der Waals surface area contributed by atoms with Gasteiger partial charge in [0.1, 0.15) is 0 Å². The highest BCUT2D eigenvalue weighted by molar-refractivity contribution is 14.1. The molecular formula is C23H25BINO6S. The zero-order valence-corrected chi connectivity index (χ0v) is 21.3. The number of allylic oxidation sites excluding steroid dienone is 1. The van der Waals surface area contributed by atoms with Crippen LogP contribution in [0.25, 0.3) is 11.6 Å². The minimum atomic E-state index is -3.30. The van der Waals surface area contributed by atoms with Crippen LogP contribution in [0.5, 0.6) is 11.5 Å². The Morgan fingerprint density at radius 2 is 2.18 bits per heavy atom. The van der Waals surface area contributed by atoms with E-state index in [0.29, 0.717) is 22.2 Å². The molecule has 1 saturated heterocycles. The molecule has 2 atom stereocenters. The lowest BCUT2D eigenvalue weighted by Crippen LogP contribution is -2.41. The van der Waals surface area contributed by atoms with E-state index >= 15 is 0 Å². The molecule has 1 aromatic carbocycles. The van der Waals surface area contributed by atoms with Crippen molar-refractivity contribution in [1.82, 2.24) is 4.98 Å². The van der Waals surface area contributed by atoms with E-state index in [4.69, 9.17) is 9.39 Å². The normalized spacial score (nSPS) is 22.4. The van der Waals surface area contributed by atoms with Gasteiger partial charge in [-0.15, -0.1) is 0 Å². The molecule has 33 heavy (non-hydrogen) atoms. The third kappa shape index (κ3) is 5.13. The molecule has 0 spiro atoms. The summed E-state index contributed by atoms with van der Waals surface area (Å²) >= 11 is 2.06. The molecule has 2 aromatic rings. The summed E-state index contributed by atoms with van der Waals surface area (Å²) in [6, 6.07) is 9.28. The second-order valence-corrected chi connectivity index (χ2v) is 11.7. The molecule has 2 aliphatic rings. The van der Waals surface area contributed by atoms with Crippen LogP contribution < -0.4 is 4.74 Å². The molecule has 10 heteroatoms. The van der Waals surface area contributed by atoms with Gasteiger partial charge < -0.3 is 19.5 Å². The highest BCUT2D eigenvalue weighted by atomic mass is 127. The average Bonchev–Trinajstić information content (AvgIpc) is 3.01. The summed E-state index contributed by atoms with van der Waals surface area (Å²) in [5.74, 6) is 0.496. The third-order valence-electron chi connectivity index (χ3n) is 6.06. The molecule has 0 unspecified atom stereocenters. The van der Waals surface area contributed by atoms with Crippen molar-refractivity contribution < 1.29 is 27.9 Å². The molecule has 0 aliphatic carbocycles. The van der Waals surface area contributed by atoms with Gasteiger partial charge >= 0.3 is 7.12 Å². The van der Waals surface area contributed by atoms with Crippen LogP contribution >= 0.6 is 22.6 Å². The van der Waals surface area contributed by atoms with Crippen molar-refractivity contribution in [2.45, 2.75) is 37.4 Å². The summed E-state index contributed by atoms with van der Waals surface area (Å²) in [6.45, 7) is 1.83. The molecule has 7 nitrogen and oxygen atoms in total. The molecule has 2 N–H and O–H groups in total. The summed E-state index contributed by atoms with van der Waals surface area (Å²) < 4.78 is 36.9. The number of sulfone groups is 1. The minimum absolute atomic E-state index is 0.0221. The smallest absolute Gasteiger partial charge is 0.456 e. The van der Waals surface area contributed by atoms with Crippen LogP contribution in [0.4, 0.5) is 0 Å². The van der Waals surface area contributed by atoms with Crippen molar-refractivity contribution in [3.8, 4) is 11.5 Å². The fraction of sp³-hybridized carbons (Fsp3) is 0.348. The Kier molecular flexibility index (Phi) is 7.18. The first-order valence-electron chi connectivity index (χ1n) is 10.6. The van der Waals surface area contributed by atoms with E-state index < -0.39 is 28.3 Å². The number of rotatable bonds is 6. The summed E-state index contributed by atoms with van der Waals surface area (Å²) in [4.78, 5) is 4.49. The first-order valence-corrected chi connectivity index (χ1v) is 13.4. The summed E-state index contributed by atoms with van der Waals surface area (Å²) in [6.07, 6.45) is 4.37. The van der Waals surface area contributed by atoms with E-state index in [1.165, 1.54) is 7.11 Å². The third-order valence-corrected chi connectivity index (χ3v) is 9.03. The number of aromatic hydroxyl groups is 1. The number of phenolic OH excluding ortho intramolecular Hbond substituents is 1. The molecule has 0 saturated carbocycles. The van der Waals surface area contributed by atoms with E-state index in [0.717, 1.165) is 28.0 Å². The van der Waals surface area contributed by atoms with Gasteiger partial charge in [-0.2, -0.15) is 0 Å². The van der Waals surface area contributed by atoms with Crippen LogP contribution in [0.2, 0.25) is 6.32 Å². The maximum atomic E-state index is 12.6. The number of phenols is 1.